The number of hydrogen-bond acceptors (Lipinski definition) is 6. The average molecular weight is 362 g/mol. The van der Waals surface area contributed by atoms with Gasteiger partial charge < -0.3 is 14.4 Å². The third-order valence-corrected chi connectivity index (χ3v) is 4.22. The van der Waals surface area contributed by atoms with Crippen molar-refractivity contribution < 1.29 is 19.2 Å². The van der Waals surface area contributed by atoms with Crippen LogP contribution in [0.1, 0.15) is 10.4 Å². The van der Waals surface area contributed by atoms with Gasteiger partial charge in [0.2, 0.25) is 0 Å². The summed E-state index contributed by atoms with van der Waals surface area (Å²) < 4.78 is 10.7. The third kappa shape index (κ3) is 2.85. The summed E-state index contributed by atoms with van der Waals surface area (Å²) in [6.07, 6.45) is 0. The Morgan fingerprint density at radius 1 is 1.00 bits per heavy atom. The van der Waals surface area contributed by atoms with Crippen LogP contribution < -0.4 is 9.64 Å². The molecule has 0 spiro atoms. The lowest BCUT2D eigenvalue weighted by molar-refractivity contribution is -0.384. The van der Waals surface area contributed by atoms with Gasteiger partial charge in [0.1, 0.15) is 0 Å². The zero-order valence-corrected chi connectivity index (χ0v) is 14.3. The first-order chi connectivity index (χ1) is 13.1. The second-order valence-corrected chi connectivity index (χ2v) is 5.86. The molecule has 0 saturated heterocycles. The summed E-state index contributed by atoms with van der Waals surface area (Å²) in [6.45, 7) is 0. The van der Waals surface area contributed by atoms with Gasteiger partial charge in [-0.3, -0.25) is 10.1 Å². The van der Waals surface area contributed by atoms with Gasteiger partial charge in [0.05, 0.1) is 34.7 Å². The molecule has 0 bridgehead atoms. The van der Waals surface area contributed by atoms with Crippen LogP contribution in [-0.2, 0) is 4.74 Å². The maximum atomic E-state index is 12.0. The van der Waals surface area contributed by atoms with E-state index in [0.29, 0.717) is 28.6 Å². The van der Waals surface area contributed by atoms with Crippen LogP contribution in [0.5, 0.6) is 11.5 Å². The van der Waals surface area contributed by atoms with E-state index in [-0.39, 0.29) is 11.3 Å². The zero-order valence-electron chi connectivity index (χ0n) is 14.3. The Morgan fingerprint density at radius 2 is 1.59 bits per heavy atom. The Labute approximate surface area is 154 Å². The summed E-state index contributed by atoms with van der Waals surface area (Å²) in [5.74, 6) is 0.583. The van der Waals surface area contributed by atoms with E-state index in [1.807, 2.05) is 53.4 Å². The molecule has 0 aromatic heterocycles. The van der Waals surface area contributed by atoms with Crippen LogP contribution in [-0.4, -0.2) is 18.0 Å². The fraction of sp³-hybridized carbons (Fsp3) is 0.0500. The number of para-hydroxylation sites is 4. The monoisotopic (exact) mass is 362 g/mol. The number of esters is 1. The minimum atomic E-state index is -0.644. The number of nitro groups is 1. The first-order valence-corrected chi connectivity index (χ1v) is 8.12. The van der Waals surface area contributed by atoms with E-state index in [9.17, 15) is 14.9 Å². The van der Waals surface area contributed by atoms with Crippen molar-refractivity contribution >= 4 is 28.7 Å². The van der Waals surface area contributed by atoms with Gasteiger partial charge in [-0.05, 0) is 30.3 Å². The standard InChI is InChI=1S/C20H14N2O5/c1-26-20(23)13-10-14(12-15(11-13)22(24)25)21-16-6-2-4-8-18(16)27-19-9-5-3-7-17(19)21/h2-12H,1H3. The largest absolute Gasteiger partial charge is 0.465 e. The second-order valence-electron chi connectivity index (χ2n) is 5.86. The predicted molar refractivity (Wildman–Crippen MR) is 99.2 cm³/mol. The molecule has 0 atom stereocenters. The first kappa shape index (κ1) is 16.6. The molecule has 1 aliphatic heterocycles. The number of hydrogen-bond donors (Lipinski definition) is 0. The molecule has 3 aromatic rings. The summed E-state index contributed by atoms with van der Waals surface area (Å²) in [7, 11) is 1.24. The highest BCUT2D eigenvalue weighted by atomic mass is 16.6. The molecule has 134 valence electrons. The summed E-state index contributed by atoms with van der Waals surface area (Å²) >= 11 is 0. The number of fused-ring (bicyclic) bond motifs is 2. The minimum absolute atomic E-state index is 0.100. The van der Waals surface area contributed by atoms with Crippen LogP contribution in [0.4, 0.5) is 22.7 Å². The molecule has 27 heavy (non-hydrogen) atoms. The van der Waals surface area contributed by atoms with Crippen LogP contribution >= 0.6 is 0 Å². The zero-order chi connectivity index (χ0) is 19.0. The maximum absolute atomic E-state index is 12.0. The van der Waals surface area contributed by atoms with Crippen molar-refractivity contribution in [1.29, 1.82) is 0 Å². The molecule has 0 radical (unpaired) electrons. The lowest BCUT2D eigenvalue weighted by Crippen LogP contribution is -2.16. The topological polar surface area (TPSA) is 81.9 Å². The van der Waals surface area contributed by atoms with Crippen molar-refractivity contribution in [2.24, 2.45) is 0 Å². The van der Waals surface area contributed by atoms with Gasteiger partial charge in [0.25, 0.3) is 5.69 Å². The molecule has 0 saturated carbocycles. The molecule has 4 rings (SSSR count). The Bertz CT molecular complexity index is 1020. The number of benzene rings is 3. The molecule has 0 N–H and O–H groups in total. The SMILES string of the molecule is COC(=O)c1cc(N2c3ccccc3Oc3ccccc32)cc([N+](=O)[O-])c1. The van der Waals surface area contributed by atoms with Crippen LogP contribution in [0.2, 0.25) is 0 Å². The molecule has 7 nitrogen and oxygen atoms in total. The molecule has 0 amide bonds. The van der Waals surface area contributed by atoms with Gasteiger partial charge >= 0.3 is 5.97 Å². The second kappa shape index (κ2) is 6.45. The van der Waals surface area contributed by atoms with Crippen molar-refractivity contribution in [3.8, 4) is 11.5 Å². The predicted octanol–water partition coefficient (Wildman–Crippen LogP) is 4.96. The first-order valence-electron chi connectivity index (χ1n) is 8.12. The normalized spacial score (nSPS) is 11.8. The van der Waals surface area contributed by atoms with Crippen molar-refractivity contribution in [1.82, 2.24) is 0 Å². The summed E-state index contributed by atoms with van der Waals surface area (Å²) in [5, 5.41) is 11.4. The number of rotatable bonds is 3. The number of anilines is 3. The number of methoxy groups -OCH3 is 1. The minimum Gasteiger partial charge on any atom is -0.465 e. The van der Waals surface area contributed by atoms with Gasteiger partial charge in [-0.2, -0.15) is 0 Å². The molecular weight excluding hydrogens is 348 g/mol. The van der Waals surface area contributed by atoms with Gasteiger partial charge in [-0.1, -0.05) is 24.3 Å². The molecular formula is C20H14N2O5. The fourth-order valence-electron chi connectivity index (χ4n) is 3.05. The average Bonchev–Trinajstić information content (AvgIpc) is 2.70. The van der Waals surface area contributed by atoms with Gasteiger partial charge in [0.15, 0.2) is 11.5 Å². The van der Waals surface area contributed by atoms with Gasteiger partial charge in [0, 0.05) is 12.1 Å². The number of nitrogens with zero attached hydrogens (tertiary/aromatic N) is 2. The van der Waals surface area contributed by atoms with E-state index in [0.717, 1.165) is 0 Å². The number of nitro benzene ring substituents is 1. The quantitative estimate of drug-likeness (QED) is 0.291. The molecule has 0 aliphatic carbocycles. The number of carbonyl (C=O) groups excluding carboxylic acids is 1. The van der Waals surface area contributed by atoms with Crippen molar-refractivity contribution in [2.45, 2.75) is 0 Å². The van der Waals surface area contributed by atoms with E-state index in [1.54, 1.807) is 6.07 Å². The lowest BCUT2D eigenvalue weighted by atomic mass is 10.1. The Balaban J connectivity index is 1.97. The van der Waals surface area contributed by atoms with E-state index in [4.69, 9.17) is 9.47 Å². The molecule has 7 heteroatoms. The molecule has 3 aromatic carbocycles. The van der Waals surface area contributed by atoms with Crippen molar-refractivity contribution in [3.63, 3.8) is 0 Å². The Kier molecular flexibility index (Phi) is 3.97. The van der Waals surface area contributed by atoms with Crippen LogP contribution in [0.3, 0.4) is 0 Å². The maximum Gasteiger partial charge on any atom is 0.338 e. The van der Waals surface area contributed by atoms with E-state index in [2.05, 4.69) is 0 Å². The smallest absolute Gasteiger partial charge is 0.338 e. The Hall–Kier alpha value is -3.87. The highest BCUT2D eigenvalue weighted by molar-refractivity contribution is 5.94. The van der Waals surface area contributed by atoms with Crippen molar-refractivity contribution in [2.75, 3.05) is 12.0 Å². The van der Waals surface area contributed by atoms with E-state index in [1.165, 1.54) is 19.2 Å². The van der Waals surface area contributed by atoms with Crippen LogP contribution in [0.15, 0.2) is 66.7 Å². The summed E-state index contributed by atoms with van der Waals surface area (Å²) in [5.41, 5.74) is 1.80. The highest BCUT2D eigenvalue weighted by Gasteiger charge is 2.27. The summed E-state index contributed by atoms with van der Waals surface area (Å²) in [4.78, 5) is 24.7. The fourth-order valence-corrected chi connectivity index (χ4v) is 3.05. The Morgan fingerprint density at radius 3 is 2.15 bits per heavy atom. The molecule has 1 aliphatic rings. The third-order valence-electron chi connectivity index (χ3n) is 4.22. The summed E-state index contributed by atoms with van der Waals surface area (Å²) in [6, 6.07) is 18.9. The van der Waals surface area contributed by atoms with E-state index >= 15 is 0 Å². The number of carbonyl (C=O) groups is 1. The number of non-ortho nitro benzene ring substituents is 1. The van der Waals surface area contributed by atoms with Crippen LogP contribution in [0, 0.1) is 10.1 Å². The molecule has 0 unspecified atom stereocenters. The molecule has 1 heterocycles. The number of ether oxygens (including phenoxy) is 2. The van der Waals surface area contributed by atoms with Crippen LogP contribution in [0.25, 0.3) is 0 Å². The molecule has 0 fully saturated rings. The van der Waals surface area contributed by atoms with E-state index < -0.39 is 10.9 Å². The van der Waals surface area contributed by atoms with Crippen molar-refractivity contribution in [3.05, 3.63) is 82.4 Å². The van der Waals surface area contributed by atoms with Gasteiger partial charge in [-0.25, -0.2) is 4.79 Å². The highest BCUT2D eigenvalue weighted by Crippen LogP contribution is 2.50. The van der Waals surface area contributed by atoms with Gasteiger partial charge in [-0.15, -0.1) is 0 Å². The lowest BCUT2D eigenvalue weighted by Gasteiger charge is -2.32.